The summed E-state index contributed by atoms with van der Waals surface area (Å²) in [7, 11) is 0. The van der Waals surface area contributed by atoms with Crippen LogP contribution in [0.25, 0.3) is 0 Å². The molecule has 0 radical (unpaired) electrons. The van der Waals surface area contributed by atoms with E-state index in [0.717, 1.165) is 13.0 Å². The lowest BCUT2D eigenvalue weighted by Gasteiger charge is -2.23. The lowest BCUT2D eigenvalue weighted by molar-refractivity contribution is 0.141. The van der Waals surface area contributed by atoms with Gasteiger partial charge in [0.1, 0.15) is 5.56 Å². The minimum absolute atomic E-state index is 0.0331. The van der Waals surface area contributed by atoms with Crippen LogP contribution in [-0.2, 0) is 4.74 Å². The van der Waals surface area contributed by atoms with Crippen molar-refractivity contribution in [3.8, 4) is 0 Å². The summed E-state index contributed by atoms with van der Waals surface area (Å²) >= 11 is 5.96. The van der Waals surface area contributed by atoms with Crippen molar-refractivity contribution in [2.45, 2.75) is 39.2 Å². The lowest BCUT2D eigenvalue weighted by atomic mass is 9.84. The third-order valence-corrected chi connectivity index (χ3v) is 2.49. The summed E-state index contributed by atoms with van der Waals surface area (Å²) < 4.78 is 5.28. The fourth-order valence-corrected chi connectivity index (χ4v) is 1.88. The average Bonchev–Trinajstić information content (AvgIpc) is 2.12. The van der Waals surface area contributed by atoms with Gasteiger partial charge in [-0.05, 0) is 18.3 Å². The van der Waals surface area contributed by atoms with Crippen molar-refractivity contribution >= 4 is 11.6 Å². The number of rotatable bonds is 1. The largest absolute Gasteiger partial charge is 0.362 e. The molecule has 0 spiro atoms. The maximum Gasteiger partial charge on any atom is 0.134 e. The van der Waals surface area contributed by atoms with Crippen LogP contribution in [-0.4, -0.2) is 12.2 Å². The van der Waals surface area contributed by atoms with Gasteiger partial charge in [0.15, 0.2) is 0 Å². The standard InChI is InChI=1S/C9H17ClO/c1-9(2,3)6-7-4-5-11-8(7)10/h7-8H,4-6H2,1-3H3. The molecule has 1 saturated heterocycles. The molecule has 1 fully saturated rings. The van der Waals surface area contributed by atoms with E-state index in [0.29, 0.717) is 11.3 Å². The van der Waals surface area contributed by atoms with E-state index in [1.807, 2.05) is 0 Å². The van der Waals surface area contributed by atoms with Gasteiger partial charge in [-0.2, -0.15) is 0 Å². The normalized spacial score (nSPS) is 32.7. The van der Waals surface area contributed by atoms with Crippen molar-refractivity contribution in [1.29, 1.82) is 0 Å². The molecule has 0 aliphatic carbocycles. The highest BCUT2D eigenvalue weighted by Crippen LogP contribution is 2.34. The summed E-state index contributed by atoms with van der Waals surface area (Å²) in [6, 6.07) is 0. The smallest absolute Gasteiger partial charge is 0.134 e. The van der Waals surface area contributed by atoms with E-state index in [-0.39, 0.29) is 5.56 Å². The van der Waals surface area contributed by atoms with E-state index in [4.69, 9.17) is 16.3 Å². The Balaban J connectivity index is 2.37. The van der Waals surface area contributed by atoms with E-state index in [2.05, 4.69) is 20.8 Å². The molecule has 0 aromatic heterocycles. The van der Waals surface area contributed by atoms with Crippen LogP contribution < -0.4 is 0 Å². The molecular weight excluding hydrogens is 160 g/mol. The van der Waals surface area contributed by atoms with Crippen LogP contribution >= 0.6 is 11.6 Å². The van der Waals surface area contributed by atoms with Crippen LogP contribution in [0, 0.1) is 11.3 Å². The summed E-state index contributed by atoms with van der Waals surface area (Å²) in [6.07, 6.45) is 2.30. The molecule has 11 heavy (non-hydrogen) atoms. The third kappa shape index (κ3) is 3.00. The minimum Gasteiger partial charge on any atom is -0.362 e. The fourth-order valence-electron chi connectivity index (χ4n) is 1.58. The second-order valence-electron chi connectivity index (χ2n) is 4.54. The Morgan fingerprint density at radius 3 is 2.45 bits per heavy atom. The number of hydrogen-bond donors (Lipinski definition) is 0. The third-order valence-electron chi connectivity index (χ3n) is 2.01. The van der Waals surface area contributed by atoms with Gasteiger partial charge in [-0.3, -0.25) is 0 Å². The van der Waals surface area contributed by atoms with Crippen LogP contribution in [0.15, 0.2) is 0 Å². The maximum atomic E-state index is 5.96. The lowest BCUT2D eigenvalue weighted by Crippen LogP contribution is -2.17. The average molecular weight is 177 g/mol. The zero-order valence-electron chi connectivity index (χ0n) is 7.56. The van der Waals surface area contributed by atoms with E-state index in [9.17, 15) is 0 Å². The predicted octanol–water partition coefficient (Wildman–Crippen LogP) is 3.02. The van der Waals surface area contributed by atoms with Crippen LogP contribution in [0.2, 0.25) is 0 Å². The van der Waals surface area contributed by atoms with Gasteiger partial charge in [0.05, 0.1) is 0 Å². The Morgan fingerprint density at radius 2 is 2.09 bits per heavy atom. The Morgan fingerprint density at radius 1 is 1.45 bits per heavy atom. The molecule has 0 N–H and O–H groups in total. The number of halogens is 1. The molecule has 0 aromatic rings. The summed E-state index contributed by atoms with van der Waals surface area (Å²) in [5, 5.41) is 0. The summed E-state index contributed by atoms with van der Waals surface area (Å²) in [4.78, 5) is 0. The van der Waals surface area contributed by atoms with Crippen molar-refractivity contribution in [2.24, 2.45) is 11.3 Å². The molecule has 0 bridgehead atoms. The van der Waals surface area contributed by atoms with Crippen LogP contribution in [0.3, 0.4) is 0 Å². The number of ether oxygens (including phenoxy) is 1. The van der Waals surface area contributed by atoms with E-state index < -0.39 is 0 Å². The summed E-state index contributed by atoms with van der Waals surface area (Å²) in [5.41, 5.74) is 0.347. The molecule has 1 aliphatic heterocycles. The Kier molecular flexibility index (Phi) is 2.82. The molecule has 1 rings (SSSR count). The first-order chi connectivity index (χ1) is 4.99. The molecule has 1 aliphatic rings. The van der Waals surface area contributed by atoms with Crippen molar-refractivity contribution in [3.63, 3.8) is 0 Å². The minimum atomic E-state index is -0.0331. The highest BCUT2D eigenvalue weighted by molar-refractivity contribution is 6.20. The van der Waals surface area contributed by atoms with Crippen LogP contribution in [0.4, 0.5) is 0 Å². The van der Waals surface area contributed by atoms with Gasteiger partial charge in [0.2, 0.25) is 0 Å². The van der Waals surface area contributed by atoms with Gasteiger partial charge < -0.3 is 4.74 Å². The summed E-state index contributed by atoms with van der Waals surface area (Å²) in [5.74, 6) is 0.566. The Hall–Kier alpha value is 0.250. The molecular formula is C9H17ClO. The molecule has 0 amide bonds. The summed E-state index contributed by atoms with van der Waals surface area (Å²) in [6.45, 7) is 7.58. The molecule has 1 nitrogen and oxygen atoms in total. The molecule has 66 valence electrons. The van der Waals surface area contributed by atoms with Gasteiger partial charge >= 0.3 is 0 Å². The fraction of sp³-hybridized carbons (Fsp3) is 1.00. The van der Waals surface area contributed by atoms with Crippen molar-refractivity contribution in [1.82, 2.24) is 0 Å². The Bertz CT molecular complexity index is 128. The van der Waals surface area contributed by atoms with E-state index in [1.165, 1.54) is 6.42 Å². The topological polar surface area (TPSA) is 9.23 Å². The highest BCUT2D eigenvalue weighted by Gasteiger charge is 2.29. The van der Waals surface area contributed by atoms with Gasteiger partial charge in [-0.15, -0.1) is 0 Å². The molecule has 2 atom stereocenters. The first kappa shape index (κ1) is 9.34. The zero-order valence-corrected chi connectivity index (χ0v) is 8.32. The van der Waals surface area contributed by atoms with Gasteiger partial charge in [-0.25, -0.2) is 0 Å². The van der Waals surface area contributed by atoms with Gasteiger partial charge in [0.25, 0.3) is 0 Å². The van der Waals surface area contributed by atoms with E-state index in [1.54, 1.807) is 0 Å². The first-order valence-corrected chi connectivity index (χ1v) is 4.68. The quantitative estimate of drug-likeness (QED) is 0.559. The maximum absolute atomic E-state index is 5.96. The zero-order chi connectivity index (χ0) is 8.48. The van der Waals surface area contributed by atoms with Crippen molar-refractivity contribution < 1.29 is 4.74 Å². The second-order valence-corrected chi connectivity index (χ2v) is 4.97. The highest BCUT2D eigenvalue weighted by atomic mass is 35.5. The molecule has 0 aromatic carbocycles. The van der Waals surface area contributed by atoms with Gasteiger partial charge in [-0.1, -0.05) is 32.4 Å². The number of hydrogen-bond acceptors (Lipinski definition) is 1. The first-order valence-electron chi connectivity index (χ1n) is 4.25. The molecule has 1 heterocycles. The molecule has 2 heteroatoms. The van der Waals surface area contributed by atoms with Crippen LogP contribution in [0.5, 0.6) is 0 Å². The Labute approximate surface area is 74.1 Å². The van der Waals surface area contributed by atoms with Gasteiger partial charge in [0, 0.05) is 12.5 Å². The predicted molar refractivity (Wildman–Crippen MR) is 47.8 cm³/mol. The van der Waals surface area contributed by atoms with Crippen molar-refractivity contribution in [2.75, 3.05) is 6.61 Å². The SMILES string of the molecule is CC(C)(C)CC1CCOC1Cl. The van der Waals surface area contributed by atoms with Crippen molar-refractivity contribution in [3.05, 3.63) is 0 Å². The van der Waals surface area contributed by atoms with E-state index >= 15 is 0 Å². The monoisotopic (exact) mass is 176 g/mol. The van der Waals surface area contributed by atoms with Crippen LogP contribution in [0.1, 0.15) is 33.6 Å². The number of alkyl halides is 1. The molecule has 2 unspecified atom stereocenters. The molecule has 0 saturated carbocycles. The second kappa shape index (κ2) is 3.32.